The number of rotatable bonds is 6. The Morgan fingerprint density at radius 1 is 1.16 bits per heavy atom. The van der Waals surface area contributed by atoms with E-state index < -0.39 is 0 Å². The molecule has 0 fully saturated rings. The Balaban J connectivity index is 1.38. The van der Waals surface area contributed by atoms with Crippen molar-refractivity contribution in [3.63, 3.8) is 0 Å². The number of nitrogens with zero attached hydrogens (tertiary/aromatic N) is 1. The molecule has 3 aromatic rings. The summed E-state index contributed by atoms with van der Waals surface area (Å²) in [4.78, 5) is 16.6. The Hall–Kier alpha value is -3.16. The van der Waals surface area contributed by atoms with Gasteiger partial charge in [0.2, 0.25) is 0 Å². The molecule has 9 heteroatoms. The third kappa shape index (κ3) is 4.95. The predicted octanol–water partition coefficient (Wildman–Crippen LogP) is 4.12. The molecule has 1 aliphatic heterocycles. The lowest BCUT2D eigenvalue weighted by Gasteiger charge is -2.26. The van der Waals surface area contributed by atoms with Gasteiger partial charge in [0.1, 0.15) is 19.3 Å². The van der Waals surface area contributed by atoms with E-state index in [1.54, 1.807) is 18.2 Å². The first-order valence-corrected chi connectivity index (χ1v) is 10.2. The molecule has 0 radical (unpaired) electrons. The maximum atomic E-state index is 12.6. The molecule has 1 amide bonds. The van der Waals surface area contributed by atoms with E-state index >= 15 is 0 Å². The van der Waals surface area contributed by atoms with Crippen molar-refractivity contribution < 1.29 is 19.0 Å². The molecule has 3 N–H and O–H groups in total. The van der Waals surface area contributed by atoms with Crippen molar-refractivity contribution in [2.45, 2.75) is 12.7 Å². The maximum Gasteiger partial charge on any atom is 0.253 e. The molecule has 1 aromatic heterocycles. The second-order valence-electron chi connectivity index (χ2n) is 6.80. The highest BCUT2D eigenvalue weighted by atomic mass is 35.5. The lowest BCUT2D eigenvalue weighted by Crippen LogP contribution is -2.40. The zero-order valence-corrected chi connectivity index (χ0v) is 17.8. The number of amides is 1. The first kappa shape index (κ1) is 21.1. The van der Waals surface area contributed by atoms with Crippen molar-refractivity contribution >= 4 is 34.9 Å². The van der Waals surface area contributed by atoms with Gasteiger partial charge in [0, 0.05) is 21.8 Å². The topological polar surface area (TPSA) is 95.7 Å². The molecule has 160 valence electrons. The molecule has 0 spiro atoms. The summed E-state index contributed by atoms with van der Waals surface area (Å²) in [5.41, 5.74) is 6.81. The number of aromatic nitrogens is 1. The van der Waals surface area contributed by atoms with Crippen molar-refractivity contribution in [2.75, 3.05) is 18.9 Å². The zero-order chi connectivity index (χ0) is 21.8. The van der Waals surface area contributed by atoms with E-state index in [1.165, 1.54) is 12.3 Å². The summed E-state index contributed by atoms with van der Waals surface area (Å²) in [6.07, 6.45) is 1.08. The normalized spacial score (nSPS) is 14.7. The van der Waals surface area contributed by atoms with Crippen LogP contribution in [0, 0.1) is 0 Å². The van der Waals surface area contributed by atoms with Gasteiger partial charge in [-0.05, 0) is 30.3 Å². The summed E-state index contributed by atoms with van der Waals surface area (Å²) >= 11 is 12.3. The average molecular weight is 460 g/mol. The van der Waals surface area contributed by atoms with Crippen LogP contribution in [0.4, 0.5) is 5.82 Å². The molecular weight excluding hydrogens is 441 g/mol. The van der Waals surface area contributed by atoms with Crippen LogP contribution < -0.4 is 25.3 Å². The van der Waals surface area contributed by atoms with Gasteiger partial charge in [0.05, 0.1) is 12.1 Å². The number of fused-ring (bicyclic) bond motifs is 1. The minimum atomic E-state index is -0.337. The smallest absolute Gasteiger partial charge is 0.253 e. The van der Waals surface area contributed by atoms with Crippen LogP contribution in [0.25, 0.3) is 0 Å². The van der Waals surface area contributed by atoms with Crippen molar-refractivity contribution in [1.29, 1.82) is 0 Å². The van der Waals surface area contributed by atoms with Crippen LogP contribution in [0.5, 0.6) is 17.2 Å². The Morgan fingerprint density at radius 2 is 1.90 bits per heavy atom. The van der Waals surface area contributed by atoms with Gasteiger partial charge in [0.15, 0.2) is 23.1 Å². The highest BCUT2D eigenvalue weighted by Gasteiger charge is 2.21. The molecule has 2 aromatic carbocycles. The number of benzene rings is 2. The molecule has 31 heavy (non-hydrogen) atoms. The van der Waals surface area contributed by atoms with Gasteiger partial charge in [-0.3, -0.25) is 4.79 Å². The first-order valence-electron chi connectivity index (χ1n) is 9.49. The van der Waals surface area contributed by atoms with E-state index in [0.717, 1.165) is 0 Å². The summed E-state index contributed by atoms with van der Waals surface area (Å²) < 4.78 is 17.2. The van der Waals surface area contributed by atoms with Gasteiger partial charge in [-0.1, -0.05) is 41.4 Å². The molecule has 4 rings (SSSR count). The highest BCUT2D eigenvalue weighted by Crippen LogP contribution is 2.31. The van der Waals surface area contributed by atoms with Gasteiger partial charge in [0.25, 0.3) is 5.91 Å². The number of pyridine rings is 1. The van der Waals surface area contributed by atoms with E-state index in [4.69, 9.17) is 43.1 Å². The monoisotopic (exact) mass is 459 g/mol. The third-order valence-corrected chi connectivity index (χ3v) is 5.34. The minimum Gasteiger partial charge on any atom is -0.486 e. The molecule has 0 saturated heterocycles. The maximum absolute atomic E-state index is 12.6. The van der Waals surface area contributed by atoms with E-state index in [0.29, 0.717) is 39.3 Å². The lowest BCUT2D eigenvalue weighted by atomic mass is 10.2. The zero-order valence-electron chi connectivity index (χ0n) is 16.3. The van der Waals surface area contributed by atoms with Crippen molar-refractivity contribution in [1.82, 2.24) is 10.3 Å². The van der Waals surface area contributed by atoms with Crippen LogP contribution >= 0.6 is 23.2 Å². The number of anilines is 1. The second kappa shape index (κ2) is 9.32. The van der Waals surface area contributed by atoms with Gasteiger partial charge >= 0.3 is 0 Å². The molecular formula is C22H19Cl2N3O4. The molecule has 7 nitrogen and oxygen atoms in total. The number of carbonyl (C=O) groups excluding carboxylic acids is 1. The summed E-state index contributed by atoms with van der Waals surface area (Å²) in [5.74, 6) is 1.41. The summed E-state index contributed by atoms with van der Waals surface area (Å²) in [6.45, 7) is 0.690. The van der Waals surface area contributed by atoms with Crippen LogP contribution in [0.3, 0.4) is 0 Å². The standard InChI is InChI=1S/C22H19Cl2N3O4/c23-16-4-3-5-17(24)15(16)12-30-20-8-13(9-26-21(20)25)22(28)27-10-14-11-29-18-6-1-2-7-19(18)31-14/h1-9,14H,10-12H2,(H2,25,26)(H,27,28). The number of nitrogen functional groups attached to an aromatic ring is 1. The van der Waals surface area contributed by atoms with E-state index in [2.05, 4.69) is 10.3 Å². The molecule has 1 atom stereocenters. The predicted molar refractivity (Wildman–Crippen MR) is 118 cm³/mol. The Bertz CT molecular complexity index is 1090. The van der Waals surface area contributed by atoms with Crippen molar-refractivity contribution in [2.24, 2.45) is 0 Å². The van der Waals surface area contributed by atoms with Crippen molar-refractivity contribution in [3.05, 3.63) is 75.9 Å². The number of ether oxygens (including phenoxy) is 3. The van der Waals surface area contributed by atoms with E-state index in [1.807, 2.05) is 24.3 Å². The molecule has 0 aliphatic carbocycles. The Labute approximate surface area is 189 Å². The third-order valence-electron chi connectivity index (χ3n) is 4.64. The molecule has 0 saturated carbocycles. The van der Waals surface area contributed by atoms with E-state index in [-0.39, 0.29) is 36.7 Å². The second-order valence-corrected chi connectivity index (χ2v) is 7.62. The number of halogens is 2. The van der Waals surface area contributed by atoms with Crippen LogP contribution in [0.1, 0.15) is 15.9 Å². The largest absolute Gasteiger partial charge is 0.486 e. The first-order chi connectivity index (χ1) is 15.0. The van der Waals surface area contributed by atoms with Gasteiger partial charge in [-0.2, -0.15) is 0 Å². The summed E-state index contributed by atoms with van der Waals surface area (Å²) in [5, 5.41) is 3.77. The summed E-state index contributed by atoms with van der Waals surface area (Å²) in [7, 11) is 0. The number of carbonyl (C=O) groups is 1. The van der Waals surface area contributed by atoms with Crippen LogP contribution in [-0.2, 0) is 6.61 Å². The molecule has 0 bridgehead atoms. The Kier molecular flexibility index (Phi) is 6.34. The summed E-state index contributed by atoms with van der Waals surface area (Å²) in [6, 6.07) is 14.1. The fourth-order valence-electron chi connectivity index (χ4n) is 2.99. The molecule has 1 unspecified atom stereocenters. The van der Waals surface area contributed by atoms with Crippen LogP contribution in [0.2, 0.25) is 10.0 Å². The fourth-order valence-corrected chi connectivity index (χ4v) is 3.49. The molecule has 1 aliphatic rings. The molecule has 2 heterocycles. The van der Waals surface area contributed by atoms with E-state index in [9.17, 15) is 4.79 Å². The quantitative estimate of drug-likeness (QED) is 0.575. The number of hydrogen-bond donors (Lipinski definition) is 2. The van der Waals surface area contributed by atoms with Crippen LogP contribution in [-0.4, -0.2) is 30.1 Å². The van der Waals surface area contributed by atoms with Crippen LogP contribution in [0.15, 0.2) is 54.7 Å². The average Bonchev–Trinajstić information content (AvgIpc) is 2.78. The van der Waals surface area contributed by atoms with Crippen molar-refractivity contribution in [3.8, 4) is 17.2 Å². The SMILES string of the molecule is Nc1ncc(C(=O)NCC2COc3ccccc3O2)cc1OCc1c(Cl)cccc1Cl. The number of nitrogens with one attached hydrogen (secondary N) is 1. The van der Waals surface area contributed by atoms with Gasteiger partial charge in [-0.25, -0.2) is 4.98 Å². The number of nitrogens with two attached hydrogens (primary N) is 1. The fraction of sp³-hybridized carbons (Fsp3) is 0.182. The van der Waals surface area contributed by atoms with Gasteiger partial charge in [-0.15, -0.1) is 0 Å². The number of hydrogen-bond acceptors (Lipinski definition) is 6. The lowest BCUT2D eigenvalue weighted by molar-refractivity contribution is 0.0789. The minimum absolute atomic E-state index is 0.0854. The highest BCUT2D eigenvalue weighted by molar-refractivity contribution is 6.35. The van der Waals surface area contributed by atoms with Gasteiger partial charge < -0.3 is 25.3 Å². The number of para-hydroxylation sites is 2. The Morgan fingerprint density at radius 3 is 2.68 bits per heavy atom.